The van der Waals surface area contributed by atoms with Crippen LogP contribution in [0.25, 0.3) is 5.57 Å². The predicted molar refractivity (Wildman–Crippen MR) is 117 cm³/mol. The minimum absolute atomic E-state index is 0.151. The molecule has 0 bridgehead atoms. The van der Waals surface area contributed by atoms with Gasteiger partial charge in [0.15, 0.2) is 17.3 Å². The number of carbonyl (C=O) groups excluding carboxylic acids is 2. The molecule has 0 atom stereocenters. The van der Waals surface area contributed by atoms with Crippen molar-refractivity contribution in [2.45, 2.75) is 13.0 Å². The summed E-state index contributed by atoms with van der Waals surface area (Å²) in [5, 5.41) is 3.19. The zero-order valence-electron chi connectivity index (χ0n) is 17.1. The van der Waals surface area contributed by atoms with Gasteiger partial charge in [0.1, 0.15) is 6.61 Å². The van der Waals surface area contributed by atoms with Crippen LogP contribution in [-0.4, -0.2) is 25.2 Å². The third kappa shape index (κ3) is 3.28. The molecule has 0 amide bonds. The lowest BCUT2D eigenvalue weighted by Crippen LogP contribution is -2.29. The van der Waals surface area contributed by atoms with Crippen molar-refractivity contribution in [3.63, 3.8) is 0 Å². The molecule has 5 rings (SSSR count). The van der Waals surface area contributed by atoms with E-state index in [1.54, 1.807) is 31.4 Å². The van der Waals surface area contributed by atoms with Gasteiger partial charge in [-0.1, -0.05) is 54.6 Å². The van der Waals surface area contributed by atoms with Crippen molar-refractivity contribution in [3.8, 4) is 11.5 Å². The molecule has 0 radical (unpaired) electrons. The Morgan fingerprint density at radius 2 is 1.55 bits per heavy atom. The lowest BCUT2D eigenvalue weighted by molar-refractivity contribution is 0.0986. The van der Waals surface area contributed by atoms with Crippen LogP contribution in [0.2, 0.25) is 0 Å². The molecule has 1 aliphatic heterocycles. The molecule has 0 unspecified atom stereocenters. The van der Waals surface area contributed by atoms with Gasteiger partial charge in [-0.2, -0.15) is 0 Å². The highest BCUT2D eigenvalue weighted by Gasteiger charge is 2.35. The largest absolute Gasteiger partial charge is 0.493 e. The van der Waals surface area contributed by atoms with Crippen LogP contribution >= 0.6 is 0 Å². The Bertz CT molecular complexity index is 1230. The van der Waals surface area contributed by atoms with E-state index >= 15 is 0 Å². The summed E-state index contributed by atoms with van der Waals surface area (Å²) in [6.45, 7) is 0.963. The van der Waals surface area contributed by atoms with Gasteiger partial charge in [-0.25, -0.2) is 0 Å². The second kappa shape index (κ2) is 7.76. The minimum Gasteiger partial charge on any atom is -0.493 e. The maximum Gasteiger partial charge on any atom is 0.210 e. The molecule has 1 N–H and O–H groups in total. The van der Waals surface area contributed by atoms with Gasteiger partial charge in [0.05, 0.1) is 18.4 Å². The van der Waals surface area contributed by atoms with Crippen LogP contribution in [0.3, 0.4) is 0 Å². The lowest BCUT2D eigenvalue weighted by atomic mass is 9.83. The van der Waals surface area contributed by atoms with E-state index in [1.807, 2.05) is 42.5 Å². The van der Waals surface area contributed by atoms with Gasteiger partial charge in [0.25, 0.3) is 0 Å². The zero-order valence-corrected chi connectivity index (χ0v) is 17.1. The molecule has 5 nitrogen and oxygen atoms in total. The maximum absolute atomic E-state index is 13.4. The molecule has 154 valence electrons. The highest BCUT2D eigenvalue weighted by molar-refractivity contribution is 6.40. The third-order valence-corrected chi connectivity index (χ3v) is 5.71. The number of nitrogens with one attached hydrogen (secondary N) is 1. The Balaban J connectivity index is 1.58. The Hall–Kier alpha value is -3.86. The van der Waals surface area contributed by atoms with E-state index in [-0.39, 0.29) is 11.6 Å². The second-order valence-corrected chi connectivity index (χ2v) is 7.57. The van der Waals surface area contributed by atoms with Crippen LogP contribution in [0, 0.1) is 0 Å². The quantitative estimate of drug-likeness (QED) is 0.697. The molecule has 1 aliphatic carbocycles. The maximum atomic E-state index is 13.4. The first-order valence-electron chi connectivity index (χ1n) is 10.2. The SMILES string of the molecule is COc1cc2c(cc1OCc1ccccc1)CCNC1=C2C(=O)c2ccccc2C1=O. The fourth-order valence-electron chi connectivity index (χ4n) is 4.17. The lowest BCUT2D eigenvalue weighted by Gasteiger charge is -2.21. The number of methoxy groups -OCH3 is 1. The molecule has 0 fully saturated rings. The number of hydrogen-bond donors (Lipinski definition) is 1. The average molecular weight is 411 g/mol. The summed E-state index contributed by atoms with van der Waals surface area (Å²) in [7, 11) is 1.57. The van der Waals surface area contributed by atoms with E-state index in [4.69, 9.17) is 9.47 Å². The van der Waals surface area contributed by atoms with Crippen molar-refractivity contribution >= 4 is 17.1 Å². The van der Waals surface area contributed by atoms with Gasteiger partial charge in [-0.15, -0.1) is 0 Å². The molecule has 0 saturated carbocycles. The molecule has 1 heterocycles. The van der Waals surface area contributed by atoms with Crippen LogP contribution in [0.15, 0.2) is 72.4 Å². The summed E-state index contributed by atoms with van der Waals surface area (Å²) in [4.78, 5) is 26.5. The van der Waals surface area contributed by atoms with E-state index in [9.17, 15) is 9.59 Å². The van der Waals surface area contributed by atoms with Crippen molar-refractivity contribution in [2.75, 3.05) is 13.7 Å². The van der Waals surface area contributed by atoms with Gasteiger partial charge in [0.2, 0.25) is 5.78 Å². The van der Waals surface area contributed by atoms with Crippen molar-refractivity contribution in [3.05, 3.63) is 100 Å². The number of Topliss-reactive ketones (excluding diaryl/α,β-unsaturated/α-hetero) is 2. The van der Waals surface area contributed by atoms with E-state index < -0.39 is 0 Å². The fraction of sp³-hybridized carbons (Fsp3) is 0.154. The van der Waals surface area contributed by atoms with Crippen molar-refractivity contribution in [2.24, 2.45) is 0 Å². The Morgan fingerprint density at radius 1 is 0.839 bits per heavy atom. The zero-order chi connectivity index (χ0) is 21.4. The molecule has 31 heavy (non-hydrogen) atoms. The number of allylic oxidation sites excluding steroid dienone is 2. The van der Waals surface area contributed by atoms with Gasteiger partial charge < -0.3 is 14.8 Å². The average Bonchev–Trinajstić information content (AvgIpc) is 3.00. The van der Waals surface area contributed by atoms with Crippen LogP contribution in [0.5, 0.6) is 11.5 Å². The summed E-state index contributed by atoms with van der Waals surface area (Å²) >= 11 is 0. The molecule has 5 heteroatoms. The predicted octanol–water partition coefficient (Wildman–Crippen LogP) is 4.21. The third-order valence-electron chi connectivity index (χ3n) is 5.71. The normalized spacial score (nSPS) is 14.7. The van der Waals surface area contributed by atoms with E-state index in [0.717, 1.165) is 16.7 Å². The van der Waals surface area contributed by atoms with E-state index in [1.165, 1.54) is 0 Å². The summed E-state index contributed by atoms with van der Waals surface area (Å²) in [6.07, 6.45) is 0.658. The number of rotatable bonds is 4. The smallest absolute Gasteiger partial charge is 0.210 e. The summed E-state index contributed by atoms with van der Waals surface area (Å²) in [6, 6.07) is 20.6. The van der Waals surface area contributed by atoms with E-state index in [2.05, 4.69) is 5.32 Å². The number of benzene rings is 3. The van der Waals surface area contributed by atoms with Crippen LogP contribution in [0.1, 0.15) is 37.4 Å². The monoisotopic (exact) mass is 411 g/mol. The highest BCUT2D eigenvalue weighted by Crippen LogP contribution is 2.40. The topological polar surface area (TPSA) is 64.6 Å². The van der Waals surface area contributed by atoms with Crippen LogP contribution < -0.4 is 14.8 Å². The number of carbonyl (C=O) groups is 2. The number of ether oxygens (including phenoxy) is 2. The van der Waals surface area contributed by atoms with Crippen molar-refractivity contribution in [1.29, 1.82) is 0 Å². The molecular weight excluding hydrogens is 390 g/mol. The van der Waals surface area contributed by atoms with E-state index in [0.29, 0.717) is 53.5 Å². The highest BCUT2D eigenvalue weighted by atomic mass is 16.5. The Kier molecular flexibility index (Phi) is 4.79. The number of ketones is 2. The Morgan fingerprint density at radius 3 is 2.29 bits per heavy atom. The number of hydrogen-bond acceptors (Lipinski definition) is 5. The molecule has 3 aromatic rings. The first-order valence-corrected chi connectivity index (χ1v) is 10.2. The summed E-state index contributed by atoms with van der Waals surface area (Å²) in [5.74, 6) is 0.842. The fourth-order valence-corrected chi connectivity index (χ4v) is 4.17. The molecule has 0 spiro atoms. The first-order chi connectivity index (χ1) is 15.2. The minimum atomic E-state index is -0.152. The van der Waals surface area contributed by atoms with Gasteiger partial charge in [-0.05, 0) is 35.2 Å². The number of fused-ring (bicyclic) bond motifs is 3. The van der Waals surface area contributed by atoms with Gasteiger partial charge in [-0.3, -0.25) is 9.59 Å². The molecular formula is C26H21NO4. The summed E-state index contributed by atoms with van der Waals surface area (Å²) in [5.41, 5.74) is 4.36. The van der Waals surface area contributed by atoms with Crippen LogP contribution in [0.4, 0.5) is 0 Å². The van der Waals surface area contributed by atoms with Crippen molar-refractivity contribution < 1.29 is 19.1 Å². The standard InChI is InChI=1S/C26H21NO4/c1-30-21-14-20-17(13-22(21)31-15-16-7-3-2-4-8-16)11-12-27-24-23(20)25(28)18-9-5-6-10-19(18)26(24)29/h2-10,13-14,27H,11-12,15H2,1H3. The summed E-state index contributed by atoms with van der Waals surface area (Å²) < 4.78 is 11.6. The van der Waals surface area contributed by atoms with Gasteiger partial charge in [0, 0.05) is 17.7 Å². The Labute approximate surface area is 180 Å². The van der Waals surface area contributed by atoms with Gasteiger partial charge >= 0.3 is 0 Å². The molecule has 2 aliphatic rings. The second-order valence-electron chi connectivity index (χ2n) is 7.57. The van der Waals surface area contributed by atoms with Crippen molar-refractivity contribution in [1.82, 2.24) is 5.32 Å². The first kappa shape index (κ1) is 19.1. The molecule has 3 aromatic carbocycles. The molecule has 0 aromatic heterocycles. The molecule has 0 saturated heterocycles. The van der Waals surface area contributed by atoms with Crippen LogP contribution in [-0.2, 0) is 13.0 Å².